The third-order valence-electron chi connectivity index (χ3n) is 3.67. The minimum atomic E-state index is -0.422. The summed E-state index contributed by atoms with van der Waals surface area (Å²) in [6.07, 6.45) is 3.60. The van der Waals surface area contributed by atoms with Gasteiger partial charge in [-0.25, -0.2) is 0 Å². The second kappa shape index (κ2) is 7.84. The summed E-state index contributed by atoms with van der Waals surface area (Å²) in [6, 6.07) is 26.4. The van der Waals surface area contributed by atoms with E-state index >= 15 is 0 Å². The highest BCUT2D eigenvalue weighted by Gasteiger charge is 2.05. The third-order valence-corrected chi connectivity index (χ3v) is 3.67. The maximum Gasteiger partial charge on any atom is 0.271 e. The van der Waals surface area contributed by atoms with Crippen molar-refractivity contribution in [3.8, 4) is 0 Å². The van der Waals surface area contributed by atoms with Crippen molar-refractivity contribution in [2.45, 2.75) is 0 Å². The van der Waals surface area contributed by atoms with Crippen molar-refractivity contribution in [1.29, 1.82) is 0 Å². The zero-order valence-corrected chi connectivity index (χ0v) is 13.4. The van der Waals surface area contributed by atoms with Gasteiger partial charge in [-0.1, -0.05) is 66.7 Å². The molecular formula is C21H16N2O2. The lowest BCUT2D eigenvalue weighted by molar-refractivity contribution is -0.384. The minimum Gasteiger partial charge on any atom is -0.258 e. The number of allylic oxidation sites excluding steroid dienone is 1. The molecule has 0 radical (unpaired) electrons. The predicted octanol–water partition coefficient (Wildman–Crippen LogP) is 5.43. The topological polar surface area (TPSA) is 55.5 Å². The third kappa shape index (κ3) is 4.26. The number of hydrogen-bond acceptors (Lipinski definition) is 3. The van der Waals surface area contributed by atoms with Gasteiger partial charge in [0.25, 0.3) is 5.69 Å². The number of aliphatic imine (C=N–C) groups is 1. The van der Waals surface area contributed by atoms with Crippen molar-refractivity contribution < 1.29 is 4.92 Å². The molecular weight excluding hydrogens is 312 g/mol. The zero-order valence-electron chi connectivity index (χ0n) is 13.4. The summed E-state index contributed by atoms with van der Waals surface area (Å²) < 4.78 is 0. The molecule has 0 fully saturated rings. The molecule has 4 heteroatoms. The van der Waals surface area contributed by atoms with Crippen LogP contribution in [-0.4, -0.2) is 11.1 Å². The van der Waals surface area contributed by atoms with E-state index in [0.29, 0.717) is 5.69 Å². The van der Waals surface area contributed by atoms with Crippen molar-refractivity contribution in [2.75, 3.05) is 0 Å². The van der Waals surface area contributed by atoms with Gasteiger partial charge in [-0.2, -0.15) is 0 Å². The summed E-state index contributed by atoms with van der Waals surface area (Å²) in [5.74, 6) is 0. The van der Waals surface area contributed by atoms with Crippen LogP contribution in [0.5, 0.6) is 0 Å². The maximum absolute atomic E-state index is 10.8. The van der Waals surface area contributed by atoms with E-state index in [-0.39, 0.29) is 5.69 Å². The number of nitro groups is 1. The van der Waals surface area contributed by atoms with Crippen LogP contribution in [0, 0.1) is 10.1 Å². The Bertz CT molecular complexity index is 875. The van der Waals surface area contributed by atoms with Crippen LogP contribution in [-0.2, 0) is 0 Å². The lowest BCUT2D eigenvalue weighted by Crippen LogP contribution is -1.88. The molecule has 0 aliphatic heterocycles. The van der Waals surface area contributed by atoms with Crippen molar-refractivity contribution in [3.63, 3.8) is 0 Å². The molecule has 0 amide bonds. The van der Waals surface area contributed by atoms with Crippen LogP contribution in [0.15, 0.2) is 96.0 Å². The quantitative estimate of drug-likeness (QED) is 0.356. The van der Waals surface area contributed by atoms with Gasteiger partial charge in [-0.15, -0.1) is 0 Å². The van der Waals surface area contributed by atoms with E-state index in [0.717, 1.165) is 16.7 Å². The van der Waals surface area contributed by atoms with Gasteiger partial charge in [0.2, 0.25) is 0 Å². The second-order valence-corrected chi connectivity index (χ2v) is 5.37. The van der Waals surface area contributed by atoms with Gasteiger partial charge >= 0.3 is 0 Å². The molecule has 122 valence electrons. The fourth-order valence-corrected chi connectivity index (χ4v) is 2.48. The van der Waals surface area contributed by atoms with Crippen LogP contribution < -0.4 is 0 Å². The molecule has 0 bridgehead atoms. The van der Waals surface area contributed by atoms with Gasteiger partial charge in [0, 0.05) is 18.3 Å². The Morgan fingerprint density at radius 1 is 0.840 bits per heavy atom. The first kappa shape index (κ1) is 16.3. The van der Waals surface area contributed by atoms with E-state index in [1.165, 1.54) is 12.1 Å². The van der Waals surface area contributed by atoms with Crippen LogP contribution >= 0.6 is 0 Å². The van der Waals surface area contributed by atoms with Gasteiger partial charge in [-0.3, -0.25) is 15.1 Å². The lowest BCUT2D eigenvalue weighted by atomic mass is 9.98. The Morgan fingerprint density at radius 3 is 2.00 bits per heavy atom. The molecule has 0 aromatic heterocycles. The highest BCUT2D eigenvalue weighted by Crippen LogP contribution is 2.23. The summed E-state index contributed by atoms with van der Waals surface area (Å²) in [7, 11) is 0. The Morgan fingerprint density at radius 2 is 1.44 bits per heavy atom. The standard InChI is InChI=1S/C21H16N2O2/c24-23(25)20-13-7-12-19(16-20)22-15-14-21(17-8-3-1-4-9-17)18-10-5-2-6-11-18/h1-16H. The predicted molar refractivity (Wildman–Crippen MR) is 101 cm³/mol. The molecule has 0 saturated carbocycles. The van der Waals surface area contributed by atoms with E-state index in [4.69, 9.17) is 0 Å². The van der Waals surface area contributed by atoms with Crippen molar-refractivity contribution in [2.24, 2.45) is 4.99 Å². The van der Waals surface area contributed by atoms with Crippen molar-refractivity contribution in [3.05, 3.63) is 112 Å². The highest BCUT2D eigenvalue weighted by molar-refractivity contribution is 5.92. The van der Waals surface area contributed by atoms with Crippen LogP contribution in [0.3, 0.4) is 0 Å². The van der Waals surface area contributed by atoms with E-state index < -0.39 is 4.92 Å². The molecule has 0 spiro atoms. The number of benzene rings is 3. The highest BCUT2D eigenvalue weighted by atomic mass is 16.6. The summed E-state index contributed by atoms with van der Waals surface area (Å²) in [5, 5.41) is 10.8. The van der Waals surface area contributed by atoms with Gasteiger partial charge in [0.1, 0.15) is 0 Å². The molecule has 0 N–H and O–H groups in total. The average molecular weight is 328 g/mol. The summed E-state index contributed by atoms with van der Waals surface area (Å²) >= 11 is 0. The first-order chi connectivity index (χ1) is 12.2. The van der Waals surface area contributed by atoms with Gasteiger partial charge in [0.05, 0.1) is 10.6 Å². The van der Waals surface area contributed by atoms with Crippen LogP contribution in [0.4, 0.5) is 11.4 Å². The fraction of sp³-hybridized carbons (Fsp3) is 0. The van der Waals surface area contributed by atoms with E-state index in [9.17, 15) is 10.1 Å². The Labute approximate surface area is 145 Å². The molecule has 3 aromatic rings. The number of non-ortho nitro benzene ring substituents is 1. The lowest BCUT2D eigenvalue weighted by Gasteiger charge is -2.07. The fourth-order valence-electron chi connectivity index (χ4n) is 2.48. The summed E-state index contributed by atoms with van der Waals surface area (Å²) in [4.78, 5) is 14.8. The number of hydrogen-bond donors (Lipinski definition) is 0. The molecule has 0 saturated heterocycles. The molecule has 0 atom stereocenters. The number of rotatable bonds is 5. The minimum absolute atomic E-state index is 0.0324. The van der Waals surface area contributed by atoms with E-state index in [1.807, 2.05) is 66.7 Å². The molecule has 25 heavy (non-hydrogen) atoms. The molecule has 0 unspecified atom stereocenters. The maximum atomic E-state index is 10.8. The molecule has 0 heterocycles. The average Bonchev–Trinajstić information content (AvgIpc) is 2.67. The van der Waals surface area contributed by atoms with Crippen LogP contribution in [0.25, 0.3) is 5.57 Å². The number of nitrogens with zero attached hydrogens (tertiary/aromatic N) is 2. The molecule has 0 aliphatic rings. The van der Waals surface area contributed by atoms with Gasteiger partial charge < -0.3 is 0 Å². The van der Waals surface area contributed by atoms with E-state index in [1.54, 1.807) is 18.3 Å². The van der Waals surface area contributed by atoms with E-state index in [2.05, 4.69) is 4.99 Å². The number of nitro benzene ring substituents is 1. The molecule has 4 nitrogen and oxygen atoms in total. The van der Waals surface area contributed by atoms with Gasteiger partial charge in [-0.05, 0) is 28.8 Å². The summed E-state index contributed by atoms with van der Waals surface area (Å²) in [6.45, 7) is 0. The first-order valence-electron chi connectivity index (χ1n) is 7.84. The van der Waals surface area contributed by atoms with Crippen molar-refractivity contribution >= 4 is 23.2 Å². The smallest absolute Gasteiger partial charge is 0.258 e. The second-order valence-electron chi connectivity index (χ2n) is 5.37. The largest absolute Gasteiger partial charge is 0.271 e. The van der Waals surface area contributed by atoms with Crippen LogP contribution in [0.2, 0.25) is 0 Å². The SMILES string of the molecule is O=[N+]([O-])c1cccc(N=CC=C(c2ccccc2)c2ccccc2)c1. The van der Waals surface area contributed by atoms with Gasteiger partial charge in [0.15, 0.2) is 0 Å². The monoisotopic (exact) mass is 328 g/mol. The molecule has 3 aromatic carbocycles. The first-order valence-corrected chi connectivity index (χ1v) is 7.84. The molecule has 0 aliphatic carbocycles. The Balaban J connectivity index is 1.94. The molecule has 3 rings (SSSR count). The Hall–Kier alpha value is -3.53. The normalized spacial score (nSPS) is 10.6. The Kier molecular flexibility index (Phi) is 5.12. The van der Waals surface area contributed by atoms with Crippen LogP contribution in [0.1, 0.15) is 11.1 Å². The zero-order chi connectivity index (χ0) is 17.5. The van der Waals surface area contributed by atoms with Crippen molar-refractivity contribution in [1.82, 2.24) is 0 Å². The summed E-state index contributed by atoms with van der Waals surface area (Å²) in [5.41, 5.74) is 3.78.